The molecule has 0 aliphatic carbocycles. The van der Waals surface area contributed by atoms with Crippen LogP contribution in [-0.2, 0) is 10.0 Å². The standard InChI is InChI=1S/C27H30N4O3S2.ClH/c1-19-17-24-25(18-20(19)2)35-27(28-24)31(16-10-15-30(3)4)26(32)22-13-8-9-14-23(22)29-36(33,34)21-11-6-5-7-12-21;/h5-9,11-14,17-18,29H,10,15-16H2,1-4H3;1H. The average molecular weight is 559 g/mol. The van der Waals surface area contributed by atoms with Crippen LogP contribution in [0.15, 0.2) is 71.6 Å². The lowest BCUT2D eigenvalue weighted by Gasteiger charge is -2.22. The zero-order valence-electron chi connectivity index (χ0n) is 21.3. The molecule has 0 spiro atoms. The maximum atomic E-state index is 13.9. The zero-order valence-corrected chi connectivity index (χ0v) is 23.7. The normalized spacial score (nSPS) is 11.4. The Kier molecular flexibility index (Phi) is 9.31. The van der Waals surface area contributed by atoms with E-state index in [9.17, 15) is 13.2 Å². The summed E-state index contributed by atoms with van der Waals surface area (Å²) >= 11 is 1.47. The van der Waals surface area contributed by atoms with E-state index in [1.54, 1.807) is 47.4 Å². The number of para-hydroxylation sites is 1. The molecule has 1 heterocycles. The molecule has 3 aromatic carbocycles. The summed E-state index contributed by atoms with van der Waals surface area (Å²) in [6.07, 6.45) is 0.741. The number of aryl methyl sites for hydroxylation is 2. The molecule has 10 heteroatoms. The molecule has 4 aromatic rings. The van der Waals surface area contributed by atoms with Gasteiger partial charge in [-0.05, 0) is 88.4 Å². The second-order valence-electron chi connectivity index (χ2n) is 8.98. The van der Waals surface area contributed by atoms with Crippen LogP contribution in [0.5, 0.6) is 0 Å². The molecule has 196 valence electrons. The van der Waals surface area contributed by atoms with Gasteiger partial charge in [-0.2, -0.15) is 0 Å². The molecule has 4 rings (SSSR count). The Morgan fingerprint density at radius 1 is 0.946 bits per heavy atom. The lowest BCUT2D eigenvalue weighted by Crippen LogP contribution is -2.34. The number of benzene rings is 3. The summed E-state index contributed by atoms with van der Waals surface area (Å²) in [5.74, 6) is -0.299. The third-order valence-corrected chi connectivity index (χ3v) is 8.33. The summed E-state index contributed by atoms with van der Waals surface area (Å²) < 4.78 is 29.6. The summed E-state index contributed by atoms with van der Waals surface area (Å²) in [6, 6.07) is 18.9. The van der Waals surface area contributed by atoms with Crippen molar-refractivity contribution in [1.29, 1.82) is 0 Å². The smallest absolute Gasteiger partial charge is 0.262 e. The second-order valence-corrected chi connectivity index (χ2v) is 11.7. The van der Waals surface area contributed by atoms with Gasteiger partial charge >= 0.3 is 0 Å². The lowest BCUT2D eigenvalue weighted by atomic mass is 10.1. The van der Waals surface area contributed by atoms with Crippen LogP contribution in [0.4, 0.5) is 10.8 Å². The minimum atomic E-state index is -3.86. The van der Waals surface area contributed by atoms with E-state index in [1.807, 2.05) is 27.1 Å². The van der Waals surface area contributed by atoms with Crippen molar-refractivity contribution >= 4 is 60.7 Å². The van der Waals surface area contributed by atoms with Gasteiger partial charge in [-0.15, -0.1) is 12.4 Å². The number of nitrogens with zero attached hydrogens (tertiary/aromatic N) is 3. The highest BCUT2D eigenvalue weighted by Crippen LogP contribution is 2.33. The number of carbonyl (C=O) groups is 1. The number of halogens is 1. The number of anilines is 2. The summed E-state index contributed by atoms with van der Waals surface area (Å²) in [5, 5.41) is 0.597. The second kappa shape index (κ2) is 12.0. The SMILES string of the molecule is Cc1cc2nc(N(CCCN(C)C)C(=O)c3ccccc3NS(=O)(=O)c3ccccc3)sc2cc1C.Cl. The Hall–Kier alpha value is -2.98. The van der Waals surface area contributed by atoms with Gasteiger partial charge in [0.25, 0.3) is 15.9 Å². The van der Waals surface area contributed by atoms with E-state index < -0.39 is 10.0 Å². The maximum absolute atomic E-state index is 13.9. The Morgan fingerprint density at radius 2 is 1.59 bits per heavy atom. The number of aromatic nitrogens is 1. The molecular weight excluding hydrogens is 528 g/mol. The fourth-order valence-electron chi connectivity index (χ4n) is 3.82. The Morgan fingerprint density at radius 3 is 2.30 bits per heavy atom. The molecule has 0 aliphatic heterocycles. The molecular formula is C27H31ClN4O3S2. The predicted octanol–water partition coefficient (Wildman–Crippen LogP) is 5.73. The minimum absolute atomic E-state index is 0. The fourth-order valence-corrected chi connectivity index (χ4v) is 5.99. The average Bonchev–Trinajstić information content (AvgIpc) is 3.24. The van der Waals surface area contributed by atoms with Crippen molar-refractivity contribution in [3.63, 3.8) is 0 Å². The topological polar surface area (TPSA) is 82.6 Å². The van der Waals surface area contributed by atoms with Crippen LogP contribution in [0.2, 0.25) is 0 Å². The monoisotopic (exact) mass is 558 g/mol. The van der Waals surface area contributed by atoms with Crippen LogP contribution in [0.3, 0.4) is 0 Å². The molecule has 0 saturated heterocycles. The fraction of sp³-hybridized carbons (Fsp3) is 0.259. The van der Waals surface area contributed by atoms with Gasteiger partial charge in [0, 0.05) is 6.54 Å². The Balaban J connectivity index is 0.00000380. The number of amides is 1. The quantitative estimate of drug-likeness (QED) is 0.283. The first-order chi connectivity index (χ1) is 17.2. The van der Waals surface area contributed by atoms with Gasteiger partial charge in [0.2, 0.25) is 0 Å². The summed E-state index contributed by atoms with van der Waals surface area (Å²) in [5.41, 5.74) is 3.67. The Bertz CT molecular complexity index is 1450. The minimum Gasteiger partial charge on any atom is -0.309 e. The van der Waals surface area contributed by atoms with E-state index in [0.717, 1.165) is 28.7 Å². The first kappa shape index (κ1) is 28.6. The molecule has 1 N–H and O–H groups in total. The van der Waals surface area contributed by atoms with Gasteiger partial charge < -0.3 is 4.90 Å². The number of hydrogen-bond donors (Lipinski definition) is 1. The van der Waals surface area contributed by atoms with Crippen molar-refractivity contribution in [3.05, 3.63) is 83.4 Å². The van der Waals surface area contributed by atoms with Gasteiger partial charge in [0.1, 0.15) is 0 Å². The number of rotatable bonds is 9. The molecule has 0 atom stereocenters. The van der Waals surface area contributed by atoms with Crippen LogP contribution in [-0.4, -0.2) is 51.4 Å². The van der Waals surface area contributed by atoms with Crippen molar-refractivity contribution in [2.24, 2.45) is 0 Å². The highest BCUT2D eigenvalue weighted by Gasteiger charge is 2.25. The van der Waals surface area contributed by atoms with Crippen molar-refractivity contribution in [2.75, 3.05) is 36.8 Å². The van der Waals surface area contributed by atoms with Gasteiger partial charge in [-0.1, -0.05) is 41.7 Å². The van der Waals surface area contributed by atoms with Crippen molar-refractivity contribution in [1.82, 2.24) is 9.88 Å². The van der Waals surface area contributed by atoms with Gasteiger partial charge in [-0.25, -0.2) is 13.4 Å². The molecule has 0 radical (unpaired) electrons. The lowest BCUT2D eigenvalue weighted by molar-refractivity contribution is 0.0987. The van der Waals surface area contributed by atoms with Crippen LogP contribution < -0.4 is 9.62 Å². The zero-order chi connectivity index (χ0) is 25.9. The van der Waals surface area contributed by atoms with E-state index in [2.05, 4.69) is 22.6 Å². The third kappa shape index (κ3) is 6.67. The van der Waals surface area contributed by atoms with Crippen LogP contribution >= 0.6 is 23.7 Å². The predicted molar refractivity (Wildman–Crippen MR) is 155 cm³/mol. The number of thiazole rings is 1. The maximum Gasteiger partial charge on any atom is 0.262 e. The van der Waals surface area contributed by atoms with Crippen molar-refractivity contribution < 1.29 is 13.2 Å². The van der Waals surface area contributed by atoms with Crippen LogP contribution in [0, 0.1) is 13.8 Å². The molecule has 0 bridgehead atoms. The highest BCUT2D eigenvalue weighted by atomic mass is 35.5. The van der Waals surface area contributed by atoms with Gasteiger partial charge in [-0.3, -0.25) is 14.4 Å². The van der Waals surface area contributed by atoms with Crippen LogP contribution in [0.25, 0.3) is 10.2 Å². The Labute approximate surface area is 228 Å². The van der Waals surface area contributed by atoms with E-state index in [4.69, 9.17) is 4.98 Å². The van der Waals surface area contributed by atoms with Gasteiger partial charge in [0.15, 0.2) is 5.13 Å². The highest BCUT2D eigenvalue weighted by molar-refractivity contribution is 7.92. The number of sulfonamides is 1. The summed E-state index contributed by atoms with van der Waals surface area (Å²) in [7, 11) is 0.120. The number of carbonyl (C=O) groups excluding carboxylic acids is 1. The molecule has 0 fully saturated rings. The summed E-state index contributed by atoms with van der Waals surface area (Å²) in [4.78, 5) is 22.6. The van der Waals surface area contributed by atoms with E-state index in [-0.39, 0.29) is 34.5 Å². The molecule has 1 aromatic heterocycles. The van der Waals surface area contributed by atoms with Gasteiger partial charge in [0.05, 0.1) is 26.4 Å². The molecule has 0 saturated carbocycles. The van der Waals surface area contributed by atoms with Crippen LogP contribution in [0.1, 0.15) is 27.9 Å². The van der Waals surface area contributed by atoms with E-state index >= 15 is 0 Å². The first-order valence-corrected chi connectivity index (χ1v) is 14.0. The van der Waals surface area contributed by atoms with E-state index in [0.29, 0.717) is 11.7 Å². The molecule has 0 unspecified atom stereocenters. The third-order valence-electron chi connectivity index (χ3n) is 5.91. The number of nitrogens with one attached hydrogen (secondary N) is 1. The van der Waals surface area contributed by atoms with Crippen molar-refractivity contribution in [2.45, 2.75) is 25.2 Å². The molecule has 7 nitrogen and oxygen atoms in total. The molecule has 0 aliphatic rings. The molecule has 1 amide bonds. The van der Waals surface area contributed by atoms with Crippen molar-refractivity contribution in [3.8, 4) is 0 Å². The number of hydrogen-bond acceptors (Lipinski definition) is 6. The molecule has 37 heavy (non-hydrogen) atoms. The first-order valence-electron chi connectivity index (χ1n) is 11.7. The number of fused-ring (bicyclic) bond motifs is 1. The largest absolute Gasteiger partial charge is 0.309 e. The summed E-state index contributed by atoms with van der Waals surface area (Å²) in [6.45, 7) is 5.36. The van der Waals surface area contributed by atoms with E-state index in [1.165, 1.54) is 29.0 Å².